The van der Waals surface area contributed by atoms with E-state index < -0.39 is 17.7 Å². The van der Waals surface area contributed by atoms with Gasteiger partial charge in [0.15, 0.2) is 11.6 Å². The van der Waals surface area contributed by atoms with Crippen LogP contribution in [0, 0.1) is 17.6 Å². The molecule has 5 heteroatoms. The number of carbonyl (C=O) groups is 1. The zero-order chi connectivity index (χ0) is 13.3. The van der Waals surface area contributed by atoms with E-state index >= 15 is 0 Å². The summed E-state index contributed by atoms with van der Waals surface area (Å²) in [6.45, 7) is 1.79. The van der Waals surface area contributed by atoms with Crippen molar-refractivity contribution in [2.24, 2.45) is 5.92 Å². The van der Waals surface area contributed by atoms with Crippen molar-refractivity contribution >= 4 is 5.91 Å². The molecule has 3 nitrogen and oxygen atoms in total. The third-order valence-electron chi connectivity index (χ3n) is 3.07. The summed E-state index contributed by atoms with van der Waals surface area (Å²) in [6.07, 6.45) is 0.0471. The van der Waals surface area contributed by atoms with Crippen LogP contribution in [0.2, 0.25) is 0 Å². The molecule has 0 spiro atoms. The van der Waals surface area contributed by atoms with E-state index in [0.29, 0.717) is 12.0 Å². The molecule has 3 atom stereocenters. The number of benzene rings is 1. The number of hydrogen-bond acceptors (Lipinski definition) is 2. The van der Waals surface area contributed by atoms with Crippen molar-refractivity contribution < 1.29 is 18.7 Å². The monoisotopic (exact) mass is 255 g/mol. The molecule has 0 heterocycles. The minimum atomic E-state index is -0.887. The van der Waals surface area contributed by atoms with E-state index in [1.807, 2.05) is 0 Å². The lowest BCUT2D eigenvalue weighted by Gasteiger charge is -2.06. The number of carbonyl (C=O) groups excluding carboxylic acids is 1. The molecule has 98 valence electrons. The third kappa shape index (κ3) is 2.85. The fourth-order valence-corrected chi connectivity index (χ4v) is 1.98. The van der Waals surface area contributed by atoms with E-state index in [-0.39, 0.29) is 24.3 Å². The van der Waals surface area contributed by atoms with E-state index in [9.17, 15) is 13.6 Å². The molecule has 1 aliphatic rings. The van der Waals surface area contributed by atoms with Crippen molar-refractivity contribution in [1.29, 1.82) is 0 Å². The first-order valence-corrected chi connectivity index (χ1v) is 5.89. The van der Waals surface area contributed by atoms with Crippen LogP contribution in [0.5, 0.6) is 0 Å². The Kier molecular flexibility index (Phi) is 3.61. The molecule has 0 aromatic heterocycles. The van der Waals surface area contributed by atoms with Crippen LogP contribution < -0.4 is 5.32 Å². The fourth-order valence-electron chi connectivity index (χ4n) is 1.98. The highest BCUT2D eigenvalue weighted by atomic mass is 19.2. The normalized spacial score (nSPS) is 23.6. The maximum absolute atomic E-state index is 13.0. The number of halogens is 2. The standard InChI is InChI=1S/C13H15F2NO2/c1-7(17)6-16-13(18)10-5-9(10)8-2-3-11(14)12(15)4-8/h2-4,7,9-10,17H,5-6H2,1H3,(H,16,18). The summed E-state index contributed by atoms with van der Waals surface area (Å²) in [4.78, 5) is 11.7. The minimum Gasteiger partial charge on any atom is -0.392 e. The average molecular weight is 255 g/mol. The number of aliphatic hydroxyl groups is 1. The molecule has 0 radical (unpaired) electrons. The molecule has 0 bridgehead atoms. The summed E-state index contributed by atoms with van der Waals surface area (Å²) >= 11 is 0. The van der Waals surface area contributed by atoms with E-state index in [4.69, 9.17) is 5.11 Å². The van der Waals surface area contributed by atoms with E-state index in [0.717, 1.165) is 12.1 Å². The number of aliphatic hydroxyl groups excluding tert-OH is 1. The van der Waals surface area contributed by atoms with Gasteiger partial charge in [0.2, 0.25) is 5.91 Å². The summed E-state index contributed by atoms with van der Waals surface area (Å²) in [5.41, 5.74) is 0.645. The van der Waals surface area contributed by atoms with Crippen molar-refractivity contribution in [3.63, 3.8) is 0 Å². The first-order valence-electron chi connectivity index (χ1n) is 5.89. The molecule has 3 unspecified atom stereocenters. The summed E-state index contributed by atoms with van der Waals surface area (Å²) < 4.78 is 25.8. The Morgan fingerprint density at radius 2 is 2.22 bits per heavy atom. The van der Waals surface area contributed by atoms with Crippen molar-refractivity contribution in [1.82, 2.24) is 5.32 Å². The van der Waals surface area contributed by atoms with Gasteiger partial charge in [-0.1, -0.05) is 6.07 Å². The van der Waals surface area contributed by atoms with Crippen LogP contribution in [0.1, 0.15) is 24.8 Å². The average Bonchev–Trinajstić information content (AvgIpc) is 3.09. The van der Waals surface area contributed by atoms with Gasteiger partial charge >= 0.3 is 0 Å². The second-order valence-electron chi connectivity index (χ2n) is 4.72. The smallest absolute Gasteiger partial charge is 0.223 e. The molecule has 1 aromatic carbocycles. The van der Waals surface area contributed by atoms with Crippen LogP contribution in [-0.4, -0.2) is 23.7 Å². The maximum Gasteiger partial charge on any atom is 0.223 e. The van der Waals surface area contributed by atoms with Crippen LogP contribution in [0.3, 0.4) is 0 Å². The van der Waals surface area contributed by atoms with Crippen molar-refractivity contribution in [2.75, 3.05) is 6.54 Å². The van der Waals surface area contributed by atoms with Gasteiger partial charge < -0.3 is 10.4 Å². The SMILES string of the molecule is CC(O)CNC(=O)C1CC1c1ccc(F)c(F)c1. The lowest BCUT2D eigenvalue weighted by atomic mass is 10.1. The predicted molar refractivity (Wildman–Crippen MR) is 61.9 cm³/mol. The molecule has 18 heavy (non-hydrogen) atoms. The molecule has 0 aliphatic heterocycles. The van der Waals surface area contributed by atoms with Crippen LogP contribution in [0.25, 0.3) is 0 Å². The predicted octanol–water partition coefficient (Wildman–Crippen LogP) is 1.57. The molecule has 1 aromatic rings. The Morgan fingerprint density at radius 1 is 1.50 bits per heavy atom. The van der Waals surface area contributed by atoms with Gasteiger partial charge in [-0.05, 0) is 37.0 Å². The maximum atomic E-state index is 13.0. The van der Waals surface area contributed by atoms with Gasteiger partial charge in [-0.2, -0.15) is 0 Å². The van der Waals surface area contributed by atoms with Gasteiger partial charge in [-0.15, -0.1) is 0 Å². The molecule has 1 fully saturated rings. The van der Waals surface area contributed by atoms with Gasteiger partial charge in [0.25, 0.3) is 0 Å². The Labute approximate surface area is 104 Å². The lowest BCUT2D eigenvalue weighted by molar-refractivity contribution is -0.122. The number of rotatable bonds is 4. The second kappa shape index (κ2) is 5.02. The Morgan fingerprint density at radius 3 is 2.83 bits per heavy atom. The summed E-state index contributed by atoms with van der Waals surface area (Å²) in [5.74, 6) is -2.16. The van der Waals surface area contributed by atoms with Gasteiger partial charge in [0.05, 0.1) is 6.10 Å². The third-order valence-corrected chi connectivity index (χ3v) is 3.07. The Hall–Kier alpha value is -1.49. The topological polar surface area (TPSA) is 49.3 Å². The molecule has 1 amide bonds. The fraction of sp³-hybridized carbons (Fsp3) is 0.462. The quantitative estimate of drug-likeness (QED) is 0.858. The first-order chi connectivity index (χ1) is 8.49. The van der Waals surface area contributed by atoms with Crippen LogP contribution in [0.4, 0.5) is 8.78 Å². The van der Waals surface area contributed by atoms with E-state index in [2.05, 4.69) is 5.32 Å². The molecule has 1 aliphatic carbocycles. The highest BCUT2D eigenvalue weighted by Crippen LogP contribution is 2.47. The van der Waals surface area contributed by atoms with Gasteiger partial charge in [0.1, 0.15) is 0 Å². The second-order valence-corrected chi connectivity index (χ2v) is 4.72. The van der Waals surface area contributed by atoms with Crippen molar-refractivity contribution in [2.45, 2.75) is 25.4 Å². The molecule has 2 rings (SSSR count). The van der Waals surface area contributed by atoms with E-state index in [1.54, 1.807) is 6.92 Å². The zero-order valence-electron chi connectivity index (χ0n) is 9.99. The summed E-state index contributed by atoms with van der Waals surface area (Å²) in [5, 5.41) is 11.7. The number of amides is 1. The lowest BCUT2D eigenvalue weighted by Crippen LogP contribution is -2.31. The van der Waals surface area contributed by atoms with Gasteiger partial charge in [-0.25, -0.2) is 8.78 Å². The highest BCUT2D eigenvalue weighted by Gasteiger charge is 2.44. The van der Waals surface area contributed by atoms with Crippen LogP contribution >= 0.6 is 0 Å². The van der Waals surface area contributed by atoms with Crippen molar-refractivity contribution in [3.05, 3.63) is 35.4 Å². The minimum absolute atomic E-state index is 0.0471. The molecule has 1 saturated carbocycles. The first kappa shape index (κ1) is 13.0. The molecular formula is C13H15F2NO2. The van der Waals surface area contributed by atoms with Crippen LogP contribution in [-0.2, 0) is 4.79 Å². The Bertz CT molecular complexity index is 462. The molecular weight excluding hydrogens is 240 g/mol. The van der Waals surface area contributed by atoms with E-state index in [1.165, 1.54) is 6.07 Å². The van der Waals surface area contributed by atoms with Gasteiger partial charge in [-0.3, -0.25) is 4.79 Å². The highest BCUT2D eigenvalue weighted by molar-refractivity contribution is 5.82. The molecule has 0 saturated heterocycles. The van der Waals surface area contributed by atoms with Crippen molar-refractivity contribution in [3.8, 4) is 0 Å². The van der Waals surface area contributed by atoms with Crippen LogP contribution in [0.15, 0.2) is 18.2 Å². The van der Waals surface area contributed by atoms with Gasteiger partial charge in [0, 0.05) is 12.5 Å². The zero-order valence-corrected chi connectivity index (χ0v) is 9.99. The number of nitrogens with one attached hydrogen (secondary N) is 1. The Balaban J connectivity index is 1.94. The molecule has 2 N–H and O–H groups in total. The largest absolute Gasteiger partial charge is 0.392 e. The summed E-state index contributed by atoms with van der Waals surface area (Å²) in [7, 11) is 0. The summed E-state index contributed by atoms with van der Waals surface area (Å²) in [6, 6.07) is 3.72. The number of hydrogen-bond donors (Lipinski definition) is 2.